The Balaban J connectivity index is 2.86. The minimum absolute atomic E-state index is 0.280. The molecule has 0 fully saturated rings. The van der Waals surface area contributed by atoms with E-state index in [1.54, 1.807) is 0 Å². The first kappa shape index (κ1) is 7.88. The monoisotopic (exact) mass is 117 g/mol. The Hall–Kier alpha value is -0.120. The summed E-state index contributed by atoms with van der Waals surface area (Å²) in [5, 5.41) is 0. The molecule has 50 valence electrons. The lowest BCUT2D eigenvalue weighted by atomic mass is 10.2. The Morgan fingerprint density at radius 1 is 1.62 bits per heavy atom. The van der Waals surface area contributed by atoms with E-state index < -0.39 is 0 Å². The van der Waals surface area contributed by atoms with Crippen LogP contribution in [0.3, 0.4) is 0 Å². The van der Waals surface area contributed by atoms with Crippen molar-refractivity contribution in [3.05, 3.63) is 0 Å². The van der Waals surface area contributed by atoms with Gasteiger partial charge in [0.2, 0.25) is 0 Å². The van der Waals surface area contributed by atoms with Gasteiger partial charge in [0.25, 0.3) is 0 Å². The molecule has 8 heavy (non-hydrogen) atoms. The van der Waals surface area contributed by atoms with Crippen LogP contribution in [-0.4, -0.2) is 19.6 Å². The van der Waals surface area contributed by atoms with Crippen LogP contribution in [0.5, 0.6) is 0 Å². The van der Waals surface area contributed by atoms with Crippen molar-refractivity contribution in [1.29, 1.82) is 0 Å². The molecule has 0 aliphatic carbocycles. The molecule has 0 saturated heterocycles. The van der Waals surface area contributed by atoms with Crippen molar-refractivity contribution in [1.82, 2.24) is 10.9 Å². The predicted molar refractivity (Wildman–Crippen MR) is 35.3 cm³/mol. The Kier molecular flexibility index (Phi) is 4.95. The lowest BCUT2D eigenvalue weighted by Crippen LogP contribution is -2.39. The van der Waals surface area contributed by atoms with Gasteiger partial charge in [-0.1, -0.05) is 6.92 Å². The van der Waals surface area contributed by atoms with Gasteiger partial charge in [0.15, 0.2) is 0 Å². The summed E-state index contributed by atoms with van der Waals surface area (Å²) in [6.45, 7) is 2.91. The zero-order chi connectivity index (χ0) is 6.41. The summed E-state index contributed by atoms with van der Waals surface area (Å²) in [5.41, 5.74) is 11.3. The van der Waals surface area contributed by atoms with Crippen molar-refractivity contribution < 1.29 is 0 Å². The van der Waals surface area contributed by atoms with Crippen molar-refractivity contribution in [2.75, 3.05) is 13.6 Å². The van der Waals surface area contributed by atoms with Gasteiger partial charge in [-0.3, -0.25) is 10.9 Å². The van der Waals surface area contributed by atoms with Crippen molar-refractivity contribution in [3.63, 3.8) is 0 Å². The summed E-state index contributed by atoms with van der Waals surface area (Å²) in [5.74, 6) is 0. The molecule has 3 heteroatoms. The van der Waals surface area contributed by atoms with Gasteiger partial charge >= 0.3 is 0 Å². The second-order valence-corrected chi connectivity index (χ2v) is 1.80. The van der Waals surface area contributed by atoms with Crippen molar-refractivity contribution >= 4 is 0 Å². The number of hydrogen-bond acceptors (Lipinski definition) is 3. The molecule has 0 amide bonds. The van der Waals surface area contributed by atoms with E-state index in [9.17, 15) is 0 Å². The first-order valence-corrected chi connectivity index (χ1v) is 2.96. The van der Waals surface area contributed by atoms with Gasteiger partial charge < -0.3 is 5.73 Å². The summed E-state index contributed by atoms with van der Waals surface area (Å²) in [6.07, 6.45) is 1.02. The van der Waals surface area contributed by atoms with Crippen LogP contribution in [0, 0.1) is 0 Å². The number of hydrogen-bond donors (Lipinski definition) is 3. The fourth-order valence-electron chi connectivity index (χ4n) is 0.377. The third kappa shape index (κ3) is 4.05. The largest absolute Gasteiger partial charge is 0.327 e. The van der Waals surface area contributed by atoms with Gasteiger partial charge in [-0.05, 0) is 13.5 Å². The molecule has 0 spiro atoms. The van der Waals surface area contributed by atoms with Crippen molar-refractivity contribution in [2.24, 2.45) is 5.73 Å². The molecule has 0 bridgehead atoms. The molecule has 0 heterocycles. The maximum atomic E-state index is 5.56. The number of nitrogens with two attached hydrogens (primary N) is 1. The highest BCUT2D eigenvalue weighted by Crippen LogP contribution is 1.79. The highest BCUT2D eigenvalue weighted by molar-refractivity contribution is 4.58. The van der Waals surface area contributed by atoms with Crippen LogP contribution in [-0.2, 0) is 0 Å². The molecule has 3 nitrogen and oxygen atoms in total. The Morgan fingerprint density at radius 2 is 2.25 bits per heavy atom. The lowest BCUT2D eigenvalue weighted by molar-refractivity contribution is 0.517. The average Bonchev–Trinajstić information content (AvgIpc) is 1.83. The van der Waals surface area contributed by atoms with Crippen LogP contribution in [0.4, 0.5) is 0 Å². The highest BCUT2D eigenvalue weighted by atomic mass is 15.3. The molecule has 0 rings (SSSR count). The molecule has 0 saturated carbocycles. The van der Waals surface area contributed by atoms with Crippen molar-refractivity contribution in [3.8, 4) is 0 Å². The van der Waals surface area contributed by atoms with Gasteiger partial charge in [-0.25, -0.2) is 0 Å². The topological polar surface area (TPSA) is 50.1 Å². The summed E-state index contributed by atoms with van der Waals surface area (Å²) in [4.78, 5) is 0. The fourth-order valence-corrected chi connectivity index (χ4v) is 0.377. The molecular formula is C5H15N3. The maximum Gasteiger partial charge on any atom is 0.0252 e. The van der Waals surface area contributed by atoms with Gasteiger partial charge in [0, 0.05) is 12.6 Å². The van der Waals surface area contributed by atoms with E-state index in [1.807, 2.05) is 7.05 Å². The second-order valence-electron chi connectivity index (χ2n) is 1.80. The van der Waals surface area contributed by atoms with Crippen molar-refractivity contribution in [2.45, 2.75) is 19.4 Å². The molecule has 4 N–H and O–H groups in total. The van der Waals surface area contributed by atoms with E-state index in [1.165, 1.54) is 0 Å². The van der Waals surface area contributed by atoms with Crippen LogP contribution < -0.4 is 16.6 Å². The quantitative estimate of drug-likeness (QED) is 0.433. The zero-order valence-electron chi connectivity index (χ0n) is 5.57. The molecule has 0 aliphatic rings. The van der Waals surface area contributed by atoms with E-state index in [0.717, 1.165) is 13.0 Å². The molecule has 0 aromatic carbocycles. The first-order valence-electron chi connectivity index (χ1n) is 2.96. The Labute approximate surface area is 50.6 Å². The normalized spacial score (nSPS) is 13.9. The van der Waals surface area contributed by atoms with Gasteiger partial charge in [-0.2, -0.15) is 0 Å². The predicted octanol–water partition coefficient (Wildman–Crippen LogP) is -0.552. The van der Waals surface area contributed by atoms with E-state index in [-0.39, 0.29) is 6.04 Å². The maximum absolute atomic E-state index is 5.56. The fraction of sp³-hybridized carbons (Fsp3) is 1.00. The molecular weight excluding hydrogens is 102 g/mol. The third-order valence-electron chi connectivity index (χ3n) is 1.07. The highest BCUT2D eigenvalue weighted by Gasteiger charge is 1.93. The summed E-state index contributed by atoms with van der Waals surface area (Å²) >= 11 is 0. The Morgan fingerprint density at radius 3 is 2.62 bits per heavy atom. The van der Waals surface area contributed by atoms with Crippen LogP contribution >= 0.6 is 0 Å². The van der Waals surface area contributed by atoms with E-state index in [0.29, 0.717) is 0 Å². The van der Waals surface area contributed by atoms with Crippen LogP contribution in [0.15, 0.2) is 0 Å². The number of hydrazine groups is 1. The van der Waals surface area contributed by atoms with Gasteiger partial charge in [0.05, 0.1) is 0 Å². The molecule has 0 aliphatic heterocycles. The van der Waals surface area contributed by atoms with E-state index >= 15 is 0 Å². The van der Waals surface area contributed by atoms with Crippen LogP contribution in [0.1, 0.15) is 13.3 Å². The molecule has 1 atom stereocenters. The van der Waals surface area contributed by atoms with E-state index in [4.69, 9.17) is 5.73 Å². The molecule has 1 unspecified atom stereocenters. The standard InChI is InChI=1S/C5H15N3/c1-3-5(6)4-8-7-2/h5,7-8H,3-4,6H2,1-2H3. The number of rotatable bonds is 4. The Bertz CT molecular complexity index is 46.9. The minimum Gasteiger partial charge on any atom is -0.327 e. The zero-order valence-corrected chi connectivity index (χ0v) is 5.57. The molecule has 0 aromatic rings. The van der Waals surface area contributed by atoms with Crippen LogP contribution in [0.25, 0.3) is 0 Å². The SMILES string of the molecule is CCC(N)CNNC. The number of nitrogens with one attached hydrogen (secondary N) is 2. The summed E-state index contributed by atoms with van der Waals surface area (Å²) in [7, 11) is 1.84. The summed E-state index contributed by atoms with van der Waals surface area (Å²) in [6, 6.07) is 0.280. The summed E-state index contributed by atoms with van der Waals surface area (Å²) < 4.78 is 0. The second kappa shape index (κ2) is 5.03. The van der Waals surface area contributed by atoms with Gasteiger partial charge in [-0.15, -0.1) is 0 Å². The smallest absolute Gasteiger partial charge is 0.0252 e. The molecule has 0 aromatic heterocycles. The van der Waals surface area contributed by atoms with Gasteiger partial charge in [0.1, 0.15) is 0 Å². The van der Waals surface area contributed by atoms with Crippen LogP contribution in [0.2, 0.25) is 0 Å². The average molecular weight is 117 g/mol. The minimum atomic E-state index is 0.280. The molecule has 0 radical (unpaired) electrons. The third-order valence-corrected chi connectivity index (χ3v) is 1.07. The van der Waals surface area contributed by atoms with E-state index in [2.05, 4.69) is 17.8 Å². The lowest BCUT2D eigenvalue weighted by Gasteiger charge is -2.07. The first-order chi connectivity index (χ1) is 3.81.